The van der Waals surface area contributed by atoms with Gasteiger partial charge in [-0.05, 0) is 6.92 Å². The van der Waals surface area contributed by atoms with Gasteiger partial charge in [-0.15, -0.1) is 28.1 Å². The molecule has 6 nitrogen and oxygen atoms in total. The van der Waals surface area contributed by atoms with Crippen molar-refractivity contribution in [1.82, 2.24) is 19.7 Å². The van der Waals surface area contributed by atoms with Crippen molar-refractivity contribution in [2.75, 3.05) is 5.32 Å². The third-order valence-electron chi connectivity index (χ3n) is 4.52. The van der Waals surface area contributed by atoms with Gasteiger partial charge in [0.2, 0.25) is 5.91 Å². The van der Waals surface area contributed by atoms with Gasteiger partial charge in [-0.3, -0.25) is 9.36 Å². The highest BCUT2D eigenvalue weighted by atomic mass is 32.2. The molecule has 8 heteroatoms. The van der Waals surface area contributed by atoms with E-state index in [9.17, 15) is 4.79 Å². The lowest BCUT2D eigenvalue weighted by molar-refractivity contribution is -0.115. The molecule has 2 heterocycles. The minimum absolute atomic E-state index is 0.131. The fraction of sp³-hybridized carbons (Fsp3) is 0.130. The van der Waals surface area contributed by atoms with Crippen LogP contribution in [0.1, 0.15) is 6.92 Å². The number of nitrogens with one attached hydrogen (secondary N) is 1. The zero-order valence-corrected chi connectivity index (χ0v) is 18.6. The Balaban J connectivity index is 1.46. The van der Waals surface area contributed by atoms with Crippen LogP contribution in [0.25, 0.3) is 22.6 Å². The molecule has 1 atom stereocenters. The molecule has 0 aliphatic carbocycles. The highest BCUT2D eigenvalue weighted by Gasteiger charge is 2.21. The van der Waals surface area contributed by atoms with Gasteiger partial charge in [0.05, 0.1) is 10.9 Å². The van der Waals surface area contributed by atoms with Crippen LogP contribution < -0.4 is 5.32 Å². The summed E-state index contributed by atoms with van der Waals surface area (Å²) in [6, 6.07) is 19.7. The molecule has 2 aromatic carbocycles. The molecular weight excluding hydrogens is 426 g/mol. The second-order valence-corrected chi connectivity index (χ2v) is 8.89. The number of thioether (sulfide) groups is 1. The van der Waals surface area contributed by atoms with Crippen LogP contribution in [0.4, 0.5) is 5.13 Å². The maximum atomic E-state index is 12.8. The van der Waals surface area contributed by atoms with Crippen molar-refractivity contribution in [3.63, 3.8) is 0 Å². The number of rotatable bonds is 8. The SMILES string of the molecule is C=CCn1c(SC(C)C(=O)Nc2nc(-c3ccccc3)cs2)nnc1-c1ccccc1. The number of carbonyl (C=O) groups is 1. The molecule has 0 saturated carbocycles. The second-order valence-electron chi connectivity index (χ2n) is 6.72. The van der Waals surface area contributed by atoms with E-state index in [0.29, 0.717) is 16.8 Å². The van der Waals surface area contributed by atoms with E-state index in [1.54, 1.807) is 6.08 Å². The molecule has 0 bridgehead atoms. The van der Waals surface area contributed by atoms with Gasteiger partial charge in [0.1, 0.15) is 0 Å². The molecule has 0 saturated heterocycles. The number of aromatic nitrogens is 4. The minimum Gasteiger partial charge on any atom is -0.301 e. The summed E-state index contributed by atoms with van der Waals surface area (Å²) in [7, 11) is 0. The smallest absolute Gasteiger partial charge is 0.239 e. The van der Waals surface area contributed by atoms with E-state index in [0.717, 1.165) is 22.6 Å². The van der Waals surface area contributed by atoms with Crippen LogP contribution >= 0.6 is 23.1 Å². The summed E-state index contributed by atoms with van der Waals surface area (Å²) in [5.41, 5.74) is 2.84. The summed E-state index contributed by atoms with van der Waals surface area (Å²) >= 11 is 2.77. The molecule has 0 aliphatic rings. The molecule has 156 valence electrons. The molecular formula is C23H21N5OS2. The first-order valence-corrected chi connectivity index (χ1v) is 11.5. The minimum atomic E-state index is -0.375. The van der Waals surface area contributed by atoms with E-state index in [1.807, 2.05) is 77.5 Å². The molecule has 4 rings (SSSR count). The van der Waals surface area contributed by atoms with Gasteiger partial charge < -0.3 is 5.32 Å². The molecule has 1 amide bonds. The molecule has 0 spiro atoms. The van der Waals surface area contributed by atoms with Crippen molar-refractivity contribution in [3.8, 4) is 22.6 Å². The molecule has 4 aromatic rings. The summed E-state index contributed by atoms with van der Waals surface area (Å²) in [5.74, 6) is 0.622. The summed E-state index contributed by atoms with van der Waals surface area (Å²) in [6.45, 7) is 6.24. The van der Waals surface area contributed by atoms with E-state index in [1.165, 1.54) is 23.1 Å². The Labute approximate surface area is 189 Å². The van der Waals surface area contributed by atoms with Crippen LogP contribution in [0.2, 0.25) is 0 Å². The van der Waals surface area contributed by atoms with E-state index in [2.05, 4.69) is 27.1 Å². The quantitative estimate of drug-likeness (QED) is 0.290. The topological polar surface area (TPSA) is 72.7 Å². The van der Waals surface area contributed by atoms with Crippen LogP contribution in [0.5, 0.6) is 0 Å². The van der Waals surface area contributed by atoms with Crippen molar-refractivity contribution in [1.29, 1.82) is 0 Å². The van der Waals surface area contributed by atoms with E-state index < -0.39 is 0 Å². The molecule has 31 heavy (non-hydrogen) atoms. The number of hydrogen-bond donors (Lipinski definition) is 1. The molecule has 1 unspecified atom stereocenters. The highest BCUT2D eigenvalue weighted by Crippen LogP contribution is 2.29. The normalized spacial score (nSPS) is 11.8. The average molecular weight is 448 g/mol. The number of carbonyl (C=O) groups excluding carboxylic acids is 1. The maximum absolute atomic E-state index is 12.8. The first-order chi connectivity index (χ1) is 15.2. The number of benzene rings is 2. The summed E-state index contributed by atoms with van der Waals surface area (Å²) in [4.78, 5) is 17.3. The third-order valence-corrected chi connectivity index (χ3v) is 6.35. The predicted molar refractivity (Wildman–Crippen MR) is 127 cm³/mol. The van der Waals surface area contributed by atoms with Gasteiger partial charge in [0.15, 0.2) is 16.1 Å². The van der Waals surface area contributed by atoms with Crippen LogP contribution in [0.15, 0.2) is 83.9 Å². The Morgan fingerprint density at radius 1 is 1.13 bits per heavy atom. The van der Waals surface area contributed by atoms with Crippen molar-refractivity contribution >= 4 is 34.1 Å². The number of allylic oxidation sites excluding steroid dienone is 1. The second kappa shape index (κ2) is 9.72. The lowest BCUT2D eigenvalue weighted by atomic mass is 10.2. The molecule has 0 fully saturated rings. The van der Waals surface area contributed by atoms with Gasteiger partial charge in [-0.1, -0.05) is 78.5 Å². The summed E-state index contributed by atoms with van der Waals surface area (Å²) in [6.07, 6.45) is 1.80. The lowest BCUT2D eigenvalue weighted by Gasteiger charge is -2.12. The van der Waals surface area contributed by atoms with Crippen molar-refractivity contribution in [2.45, 2.75) is 23.9 Å². The van der Waals surface area contributed by atoms with E-state index in [4.69, 9.17) is 0 Å². The first-order valence-electron chi connectivity index (χ1n) is 9.73. The summed E-state index contributed by atoms with van der Waals surface area (Å²) < 4.78 is 1.97. The van der Waals surface area contributed by atoms with Crippen LogP contribution in [-0.4, -0.2) is 30.9 Å². The fourth-order valence-electron chi connectivity index (χ4n) is 2.96. The molecule has 0 aliphatic heterocycles. The van der Waals surface area contributed by atoms with Crippen LogP contribution in [0.3, 0.4) is 0 Å². The van der Waals surface area contributed by atoms with Crippen LogP contribution in [0, 0.1) is 0 Å². The average Bonchev–Trinajstić information content (AvgIpc) is 3.43. The van der Waals surface area contributed by atoms with E-state index in [-0.39, 0.29) is 11.2 Å². The standard InChI is InChI=1S/C23H21N5OS2/c1-3-14-28-20(18-12-8-5-9-13-18)26-27-23(28)31-16(2)21(29)25-22-24-19(15-30-22)17-10-6-4-7-11-17/h3-13,15-16H,1,14H2,2H3,(H,24,25,29). The Morgan fingerprint density at radius 3 is 2.48 bits per heavy atom. The van der Waals surface area contributed by atoms with Gasteiger partial charge in [-0.25, -0.2) is 4.98 Å². The van der Waals surface area contributed by atoms with Crippen LogP contribution in [-0.2, 0) is 11.3 Å². The Hall–Kier alpha value is -3.23. The largest absolute Gasteiger partial charge is 0.301 e. The highest BCUT2D eigenvalue weighted by molar-refractivity contribution is 8.00. The lowest BCUT2D eigenvalue weighted by Crippen LogP contribution is -2.22. The Morgan fingerprint density at radius 2 is 1.81 bits per heavy atom. The molecule has 0 radical (unpaired) electrons. The van der Waals surface area contributed by atoms with Crippen molar-refractivity contribution in [2.24, 2.45) is 0 Å². The third kappa shape index (κ3) is 4.92. The first kappa shape index (κ1) is 21.0. The van der Waals surface area contributed by atoms with Gasteiger partial charge in [0.25, 0.3) is 0 Å². The number of anilines is 1. The summed E-state index contributed by atoms with van der Waals surface area (Å²) in [5, 5.41) is 14.4. The monoisotopic (exact) mass is 447 g/mol. The van der Waals surface area contributed by atoms with Crippen molar-refractivity contribution < 1.29 is 4.79 Å². The number of thiazole rings is 1. The molecule has 1 N–H and O–H groups in total. The Kier molecular flexibility index (Phi) is 6.59. The number of amides is 1. The predicted octanol–water partition coefficient (Wildman–Crippen LogP) is 5.37. The van der Waals surface area contributed by atoms with Gasteiger partial charge in [-0.2, -0.15) is 0 Å². The molecule has 2 aromatic heterocycles. The fourth-order valence-corrected chi connectivity index (χ4v) is 4.54. The van der Waals surface area contributed by atoms with Gasteiger partial charge >= 0.3 is 0 Å². The maximum Gasteiger partial charge on any atom is 0.239 e. The van der Waals surface area contributed by atoms with E-state index >= 15 is 0 Å². The number of nitrogens with zero attached hydrogens (tertiary/aromatic N) is 4. The van der Waals surface area contributed by atoms with Crippen molar-refractivity contribution in [3.05, 3.63) is 78.7 Å². The Bertz CT molecular complexity index is 1170. The number of hydrogen-bond acceptors (Lipinski definition) is 6. The van der Waals surface area contributed by atoms with Gasteiger partial charge in [0, 0.05) is 23.1 Å². The zero-order chi connectivity index (χ0) is 21.6. The zero-order valence-electron chi connectivity index (χ0n) is 16.9.